The van der Waals surface area contributed by atoms with Crippen LogP contribution >= 0.6 is 0 Å². The highest BCUT2D eigenvalue weighted by atomic mass is 16.5. The molecule has 2 atom stereocenters. The first-order valence-corrected chi connectivity index (χ1v) is 13.3. The summed E-state index contributed by atoms with van der Waals surface area (Å²) in [6.07, 6.45) is 8.37. The number of hydrogen-bond acceptors (Lipinski definition) is 6. The maximum absolute atomic E-state index is 13.3. The van der Waals surface area contributed by atoms with Gasteiger partial charge in [-0.3, -0.25) is 4.79 Å². The van der Waals surface area contributed by atoms with Crippen LogP contribution in [0.25, 0.3) is 5.57 Å². The number of esters is 1. The molecule has 1 N–H and O–H groups in total. The average molecular weight is 522 g/mol. The van der Waals surface area contributed by atoms with Crippen molar-refractivity contribution in [2.24, 2.45) is 11.3 Å². The van der Waals surface area contributed by atoms with Crippen LogP contribution in [0.2, 0.25) is 0 Å². The molecule has 1 amide bonds. The summed E-state index contributed by atoms with van der Waals surface area (Å²) in [7, 11) is 4.83. The predicted molar refractivity (Wildman–Crippen MR) is 147 cm³/mol. The molecule has 0 bridgehead atoms. The van der Waals surface area contributed by atoms with E-state index in [2.05, 4.69) is 32.2 Å². The lowest BCUT2D eigenvalue weighted by molar-refractivity contribution is -0.140. The summed E-state index contributed by atoms with van der Waals surface area (Å²) in [4.78, 5) is 25.6. The largest absolute Gasteiger partial charge is 0.493 e. The molecule has 0 radical (unpaired) electrons. The van der Waals surface area contributed by atoms with E-state index in [1.165, 1.54) is 0 Å². The van der Waals surface area contributed by atoms with Gasteiger partial charge in [-0.2, -0.15) is 0 Å². The highest BCUT2D eigenvalue weighted by Gasteiger charge is 2.46. The maximum atomic E-state index is 13.3. The van der Waals surface area contributed by atoms with Crippen LogP contribution in [-0.2, 0) is 20.7 Å². The van der Waals surface area contributed by atoms with Gasteiger partial charge in [-0.05, 0) is 66.0 Å². The van der Waals surface area contributed by atoms with E-state index in [0.717, 1.165) is 33.4 Å². The van der Waals surface area contributed by atoms with Crippen molar-refractivity contribution in [3.8, 4) is 17.2 Å². The number of amides is 1. The summed E-state index contributed by atoms with van der Waals surface area (Å²) in [5.41, 5.74) is 6.19. The Bertz CT molecular complexity index is 1280. The van der Waals surface area contributed by atoms with Crippen molar-refractivity contribution in [1.29, 1.82) is 0 Å². The smallest absolute Gasteiger partial charge is 0.335 e. The highest BCUT2D eigenvalue weighted by molar-refractivity contribution is 5.96. The standard InChI is InChI=1S/C31H39NO6/c1-9-38-30(34)27-21-11-12-22-23(14-20(21)16-31(27,5)17(2)3)24(32-18(4)33)13-10-19-15-25(35-6)28(36-7)29(37-8)26(19)22/h11-12,14-15,17,24H,9-10,13,16H2,1-8H3,(H,32,33)/t24-,31?/m0/s1. The summed E-state index contributed by atoms with van der Waals surface area (Å²) in [6.45, 7) is 10.1. The second-order valence-electron chi connectivity index (χ2n) is 10.6. The van der Waals surface area contributed by atoms with Crippen LogP contribution in [0, 0.1) is 11.3 Å². The molecule has 0 saturated heterocycles. The van der Waals surface area contributed by atoms with Crippen LogP contribution in [0.4, 0.5) is 0 Å². The quantitative estimate of drug-likeness (QED) is 0.488. The van der Waals surface area contributed by atoms with Gasteiger partial charge in [0, 0.05) is 17.9 Å². The first kappa shape index (κ1) is 27.6. The Morgan fingerprint density at radius 2 is 1.76 bits per heavy atom. The Hall–Kier alpha value is -3.48. The summed E-state index contributed by atoms with van der Waals surface area (Å²) in [5.74, 6) is 1.55. The Morgan fingerprint density at radius 3 is 2.34 bits per heavy atom. The minimum absolute atomic E-state index is 0.0945. The summed E-state index contributed by atoms with van der Waals surface area (Å²) < 4.78 is 22.8. The fourth-order valence-electron chi connectivity index (χ4n) is 6.00. The van der Waals surface area contributed by atoms with Crippen LogP contribution in [0.1, 0.15) is 58.6 Å². The van der Waals surface area contributed by atoms with Crippen LogP contribution in [-0.4, -0.2) is 45.9 Å². The van der Waals surface area contributed by atoms with E-state index in [4.69, 9.17) is 18.9 Å². The molecule has 204 valence electrons. The zero-order valence-electron chi connectivity index (χ0n) is 23.7. The molecular weight excluding hydrogens is 482 g/mol. The Morgan fingerprint density at radius 1 is 1.08 bits per heavy atom. The molecule has 3 aliphatic carbocycles. The Labute approximate surface area is 225 Å². The van der Waals surface area contributed by atoms with E-state index in [1.807, 2.05) is 25.1 Å². The number of methoxy groups -OCH3 is 3. The third kappa shape index (κ3) is 4.52. The van der Waals surface area contributed by atoms with Gasteiger partial charge in [-0.15, -0.1) is 0 Å². The van der Waals surface area contributed by atoms with Gasteiger partial charge in [0.25, 0.3) is 0 Å². The first-order chi connectivity index (χ1) is 18.1. The number of carbonyl (C=O) groups excluding carboxylic acids is 2. The number of rotatable bonds is 7. The molecule has 1 aromatic rings. The van der Waals surface area contributed by atoms with Crippen molar-refractivity contribution in [2.75, 3.05) is 27.9 Å². The minimum Gasteiger partial charge on any atom is -0.493 e. The Kier molecular flexibility index (Phi) is 7.77. The maximum Gasteiger partial charge on any atom is 0.335 e. The molecule has 1 aromatic carbocycles. The van der Waals surface area contributed by atoms with Gasteiger partial charge in [0.1, 0.15) is 0 Å². The third-order valence-electron chi connectivity index (χ3n) is 8.19. The van der Waals surface area contributed by atoms with Crippen molar-refractivity contribution in [2.45, 2.75) is 59.9 Å². The van der Waals surface area contributed by atoms with Gasteiger partial charge in [-0.1, -0.05) is 39.0 Å². The monoisotopic (exact) mass is 521 g/mol. The van der Waals surface area contributed by atoms with Gasteiger partial charge in [-0.25, -0.2) is 4.79 Å². The molecular formula is C31H39NO6. The molecule has 4 rings (SSSR count). The number of carbonyl (C=O) groups is 2. The number of hydrogen-bond donors (Lipinski definition) is 1. The molecule has 0 aromatic heterocycles. The van der Waals surface area contributed by atoms with E-state index >= 15 is 0 Å². The van der Waals surface area contributed by atoms with Crippen molar-refractivity contribution >= 4 is 17.4 Å². The minimum atomic E-state index is -0.365. The number of fused-ring (bicyclic) bond motifs is 3. The van der Waals surface area contributed by atoms with Crippen molar-refractivity contribution < 1.29 is 28.5 Å². The number of allylic oxidation sites excluding steroid dienone is 5. The zero-order valence-corrected chi connectivity index (χ0v) is 23.7. The van der Waals surface area contributed by atoms with Crippen LogP contribution in [0.5, 0.6) is 17.2 Å². The molecule has 38 heavy (non-hydrogen) atoms. The first-order valence-electron chi connectivity index (χ1n) is 13.3. The molecule has 3 aliphatic rings. The second-order valence-corrected chi connectivity index (χ2v) is 10.6. The predicted octanol–water partition coefficient (Wildman–Crippen LogP) is 5.34. The Balaban J connectivity index is 2.03. The van der Waals surface area contributed by atoms with E-state index in [0.29, 0.717) is 48.7 Å². The van der Waals surface area contributed by atoms with Crippen molar-refractivity contribution in [3.63, 3.8) is 0 Å². The van der Waals surface area contributed by atoms with Gasteiger partial charge in [0.2, 0.25) is 11.7 Å². The van der Waals surface area contributed by atoms with Gasteiger partial charge in [0.05, 0.1) is 39.6 Å². The van der Waals surface area contributed by atoms with Gasteiger partial charge in [0.15, 0.2) is 11.5 Å². The lowest BCUT2D eigenvalue weighted by Gasteiger charge is -2.31. The van der Waals surface area contributed by atoms with E-state index in [9.17, 15) is 9.59 Å². The number of nitrogens with one attached hydrogen (secondary N) is 1. The molecule has 0 saturated carbocycles. The van der Waals surface area contributed by atoms with E-state index in [1.54, 1.807) is 28.3 Å². The fourth-order valence-corrected chi connectivity index (χ4v) is 6.00. The van der Waals surface area contributed by atoms with Crippen LogP contribution in [0.15, 0.2) is 46.6 Å². The highest BCUT2D eigenvalue weighted by Crippen LogP contribution is 2.54. The normalized spacial score (nSPS) is 22.1. The summed E-state index contributed by atoms with van der Waals surface area (Å²) >= 11 is 0. The van der Waals surface area contributed by atoms with Gasteiger partial charge >= 0.3 is 5.97 Å². The number of ether oxygens (including phenoxy) is 4. The zero-order chi connectivity index (χ0) is 27.8. The number of aryl methyl sites for hydroxylation is 1. The molecule has 0 aliphatic heterocycles. The van der Waals surface area contributed by atoms with Crippen LogP contribution in [0.3, 0.4) is 0 Å². The van der Waals surface area contributed by atoms with Crippen molar-refractivity contribution in [1.82, 2.24) is 5.32 Å². The lowest BCUT2D eigenvalue weighted by atomic mass is 9.73. The molecule has 0 fully saturated rings. The summed E-state index contributed by atoms with van der Waals surface area (Å²) in [5, 5.41) is 3.17. The molecule has 0 heterocycles. The lowest BCUT2D eigenvalue weighted by Crippen LogP contribution is -2.34. The SMILES string of the molecule is CCOC(=O)C1=C2C=CC3=C(C=C2CC1(C)C(C)C)[C@@H](NC(C)=O)CCc1cc(OC)c(OC)c(OC)c13. The van der Waals surface area contributed by atoms with E-state index in [-0.39, 0.29) is 29.3 Å². The van der Waals surface area contributed by atoms with E-state index < -0.39 is 0 Å². The molecule has 7 nitrogen and oxygen atoms in total. The van der Waals surface area contributed by atoms with Crippen LogP contribution < -0.4 is 19.5 Å². The fraction of sp³-hybridized carbons (Fsp3) is 0.484. The molecule has 1 unspecified atom stereocenters. The molecule has 7 heteroatoms. The average Bonchev–Trinajstić information content (AvgIpc) is 2.96. The summed E-state index contributed by atoms with van der Waals surface area (Å²) in [6, 6.07) is 1.77. The van der Waals surface area contributed by atoms with Gasteiger partial charge < -0.3 is 24.3 Å². The second kappa shape index (κ2) is 10.7. The number of benzene rings is 1. The topological polar surface area (TPSA) is 83.1 Å². The third-order valence-corrected chi connectivity index (χ3v) is 8.19. The van der Waals surface area contributed by atoms with Crippen molar-refractivity contribution in [3.05, 3.63) is 57.7 Å². The molecule has 0 spiro atoms.